The predicted octanol–water partition coefficient (Wildman–Crippen LogP) is 4.79. The fourth-order valence-corrected chi connectivity index (χ4v) is 2.58. The van der Waals surface area contributed by atoms with Gasteiger partial charge in [0.15, 0.2) is 0 Å². The van der Waals surface area contributed by atoms with Gasteiger partial charge < -0.3 is 15.4 Å². The molecule has 196 valence electrons. The van der Waals surface area contributed by atoms with E-state index in [9.17, 15) is 19.2 Å². The van der Waals surface area contributed by atoms with Crippen LogP contribution in [0.4, 0.5) is 4.79 Å². The number of nitrogens with zero attached hydrogens (tertiary/aromatic N) is 1. The summed E-state index contributed by atoms with van der Waals surface area (Å²) in [6.07, 6.45) is -0.647. The van der Waals surface area contributed by atoms with Gasteiger partial charge in [-0.25, -0.2) is 9.69 Å². The van der Waals surface area contributed by atoms with Crippen molar-refractivity contribution in [2.45, 2.75) is 26.4 Å². The van der Waals surface area contributed by atoms with Gasteiger partial charge in [-0.2, -0.15) is 0 Å². The minimum atomic E-state index is -2.42. The summed E-state index contributed by atoms with van der Waals surface area (Å²) in [7, 11) is 3.03. The Morgan fingerprint density at radius 2 is 1.08 bits per heavy atom. The van der Waals surface area contributed by atoms with Gasteiger partial charge in [-0.3, -0.25) is 14.4 Å². The fraction of sp³-hybridized carbons (Fsp3) is 0.241. The van der Waals surface area contributed by atoms with E-state index in [1.165, 1.54) is 7.05 Å². The van der Waals surface area contributed by atoms with E-state index in [1.807, 2.05) is 29.6 Å². The quantitative estimate of drug-likeness (QED) is 0.530. The van der Waals surface area contributed by atoms with Crippen molar-refractivity contribution in [3.63, 3.8) is 0 Å². The number of imide groups is 1. The van der Waals surface area contributed by atoms with E-state index in [-0.39, 0.29) is 11.8 Å². The molecule has 3 aromatic carbocycles. The molecule has 0 saturated heterocycles. The molecular formula is C29H35N3O5. The van der Waals surface area contributed by atoms with E-state index in [2.05, 4.69) is 5.32 Å². The Morgan fingerprint density at radius 3 is 1.43 bits per heavy atom. The average Bonchev–Trinajstić information content (AvgIpc) is 2.92. The first kappa shape index (κ1) is 25.6. The standard InChI is InChI=1S/C13H17NO3.2C8H9NO/c1-13(2,3)17-12(16)14(4)11(15)10-8-6-5-7-9-10;2*1-9-8(10)7-5-3-2-4-6-7/h5-9H,1-4H3;2*2-6H,1H3,(H,9,10)/i;1D3;. The molecule has 0 spiro atoms. The van der Waals surface area contributed by atoms with Crippen LogP contribution in [0, 0.1) is 0 Å². The minimum absolute atomic E-state index is 0.0411. The lowest BCUT2D eigenvalue weighted by Crippen LogP contribution is -2.38. The van der Waals surface area contributed by atoms with Gasteiger partial charge in [-0.05, 0) is 57.2 Å². The molecule has 0 atom stereocenters. The maximum absolute atomic E-state index is 11.9. The number of benzene rings is 3. The molecule has 0 heterocycles. The summed E-state index contributed by atoms with van der Waals surface area (Å²) in [6, 6.07) is 25.9. The number of amides is 4. The highest BCUT2D eigenvalue weighted by atomic mass is 16.6. The molecule has 8 nitrogen and oxygen atoms in total. The largest absolute Gasteiger partial charge is 0.443 e. The Labute approximate surface area is 222 Å². The highest BCUT2D eigenvalue weighted by Gasteiger charge is 2.24. The van der Waals surface area contributed by atoms with Crippen molar-refractivity contribution in [2.24, 2.45) is 0 Å². The molecule has 0 aromatic heterocycles. The molecule has 3 aromatic rings. The molecular weight excluding hydrogens is 470 g/mol. The van der Waals surface area contributed by atoms with Crippen molar-refractivity contribution in [1.82, 2.24) is 15.5 Å². The zero-order valence-electron chi connectivity index (χ0n) is 24.6. The third kappa shape index (κ3) is 11.7. The summed E-state index contributed by atoms with van der Waals surface area (Å²) in [6.45, 7) is 2.84. The average molecular weight is 509 g/mol. The third-order valence-electron chi connectivity index (χ3n) is 4.41. The predicted molar refractivity (Wildman–Crippen MR) is 144 cm³/mol. The van der Waals surface area contributed by atoms with Crippen molar-refractivity contribution < 1.29 is 28.0 Å². The third-order valence-corrected chi connectivity index (χ3v) is 4.41. The summed E-state index contributed by atoms with van der Waals surface area (Å²) in [5.41, 5.74) is 0.895. The Kier molecular flexibility index (Phi) is 10.7. The molecule has 0 bridgehead atoms. The van der Waals surface area contributed by atoms with Crippen LogP contribution in [-0.4, -0.2) is 55.4 Å². The lowest BCUT2D eigenvalue weighted by Gasteiger charge is -2.23. The van der Waals surface area contributed by atoms with Crippen LogP contribution >= 0.6 is 0 Å². The number of ether oxygens (including phenoxy) is 1. The Bertz CT molecular complexity index is 1230. The van der Waals surface area contributed by atoms with Gasteiger partial charge in [0, 0.05) is 41.9 Å². The molecule has 3 rings (SSSR count). The van der Waals surface area contributed by atoms with Gasteiger partial charge in [0.1, 0.15) is 5.60 Å². The molecule has 37 heavy (non-hydrogen) atoms. The van der Waals surface area contributed by atoms with Crippen molar-refractivity contribution in [3.05, 3.63) is 108 Å². The van der Waals surface area contributed by atoms with Gasteiger partial charge >= 0.3 is 6.09 Å². The molecule has 0 aliphatic rings. The second-order valence-corrected chi connectivity index (χ2v) is 8.48. The van der Waals surface area contributed by atoms with E-state index in [4.69, 9.17) is 8.85 Å². The van der Waals surface area contributed by atoms with Gasteiger partial charge in [-0.15, -0.1) is 0 Å². The van der Waals surface area contributed by atoms with Crippen LogP contribution in [0.2, 0.25) is 0 Å². The summed E-state index contributed by atoms with van der Waals surface area (Å²) in [5.74, 6) is -0.999. The van der Waals surface area contributed by atoms with Crippen LogP contribution in [0.15, 0.2) is 91.0 Å². The van der Waals surface area contributed by atoms with E-state index < -0.39 is 24.6 Å². The molecule has 0 unspecified atom stereocenters. The molecule has 0 aliphatic heterocycles. The van der Waals surface area contributed by atoms with Crippen molar-refractivity contribution in [1.29, 1.82) is 0 Å². The minimum Gasteiger partial charge on any atom is -0.443 e. The summed E-state index contributed by atoms with van der Waals surface area (Å²) < 4.78 is 25.5. The first-order chi connectivity index (χ1) is 18.6. The smallest absolute Gasteiger partial charge is 0.417 e. The van der Waals surface area contributed by atoms with Crippen LogP contribution in [0.5, 0.6) is 0 Å². The lowest BCUT2D eigenvalue weighted by molar-refractivity contribution is 0.0284. The van der Waals surface area contributed by atoms with Gasteiger partial charge in [0.25, 0.3) is 17.7 Å². The normalized spacial score (nSPS) is 11.3. The number of rotatable bonds is 3. The van der Waals surface area contributed by atoms with E-state index in [0.717, 1.165) is 4.90 Å². The van der Waals surface area contributed by atoms with Crippen LogP contribution in [0.1, 0.15) is 56.0 Å². The molecule has 0 aliphatic carbocycles. The second kappa shape index (κ2) is 15.5. The number of hydrogen-bond acceptors (Lipinski definition) is 5. The maximum Gasteiger partial charge on any atom is 0.417 e. The highest BCUT2D eigenvalue weighted by molar-refractivity contribution is 6.02. The zero-order valence-corrected chi connectivity index (χ0v) is 21.6. The van der Waals surface area contributed by atoms with Crippen LogP contribution in [0.25, 0.3) is 0 Å². The molecule has 4 amide bonds. The Balaban J connectivity index is 0.000000311. The Morgan fingerprint density at radius 1 is 0.703 bits per heavy atom. The van der Waals surface area contributed by atoms with E-state index in [0.29, 0.717) is 16.7 Å². The Hall–Kier alpha value is -4.46. The molecule has 8 heteroatoms. The van der Waals surface area contributed by atoms with Gasteiger partial charge in [-0.1, -0.05) is 54.6 Å². The van der Waals surface area contributed by atoms with Crippen molar-refractivity contribution in [2.75, 3.05) is 21.1 Å². The van der Waals surface area contributed by atoms with Gasteiger partial charge in [0.2, 0.25) is 0 Å². The topological polar surface area (TPSA) is 105 Å². The van der Waals surface area contributed by atoms with Crippen LogP contribution < -0.4 is 10.6 Å². The summed E-state index contributed by atoms with van der Waals surface area (Å²) in [5, 5.41) is 4.44. The lowest BCUT2D eigenvalue weighted by atomic mass is 10.2. The molecule has 0 radical (unpaired) electrons. The first-order valence-electron chi connectivity index (χ1n) is 12.9. The number of nitrogens with one attached hydrogen (secondary N) is 2. The van der Waals surface area contributed by atoms with Gasteiger partial charge in [0.05, 0.1) is 0 Å². The zero-order chi connectivity index (χ0) is 30.3. The maximum atomic E-state index is 11.9. The molecule has 2 N–H and O–H groups in total. The van der Waals surface area contributed by atoms with Crippen molar-refractivity contribution in [3.8, 4) is 0 Å². The summed E-state index contributed by atoms with van der Waals surface area (Å²) in [4.78, 5) is 46.6. The number of hydrogen-bond donors (Lipinski definition) is 2. The summed E-state index contributed by atoms with van der Waals surface area (Å²) >= 11 is 0. The van der Waals surface area contributed by atoms with E-state index in [1.54, 1.807) is 94.5 Å². The first-order valence-corrected chi connectivity index (χ1v) is 11.4. The molecule has 0 saturated carbocycles. The monoisotopic (exact) mass is 508 g/mol. The number of carbonyl (C=O) groups is 4. The second-order valence-electron chi connectivity index (χ2n) is 8.48. The van der Waals surface area contributed by atoms with E-state index >= 15 is 0 Å². The highest BCUT2D eigenvalue weighted by Crippen LogP contribution is 2.11. The van der Waals surface area contributed by atoms with Crippen LogP contribution in [-0.2, 0) is 4.74 Å². The number of carbonyl (C=O) groups excluding carboxylic acids is 4. The fourth-order valence-electron chi connectivity index (χ4n) is 2.58. The van der Waals surface area contributed by atoms with Crippen LogP contribution in [0.3, 0.4) is 0 Å². The van der Waals surface area contributed by atoms with Crippen molar-refractivity contribution >= 4 is 23.8 Å². The SMILES string of the molecule is CN(C(=O)OC(C)(C)C)C(=O)c1ccccc1.CNC(=O)c1ccccc1.[2H]C([2H])([2H])NC(=O)c1ccccc1. The molecule has 0 fully saturated rings.